The minimum atomic E-state index is -3.58. The van der Waals surface area contributed by atoms with E-state index in [1.54, 1.807) is 19.1 Å². The number of hydrogen-bond donors (Lipinski definition) is 0. The van der Waals surface area contributed by atoms with Crippen molar-refractivity contribution in [2.24, 2.45) is 0 Å². The van der Waals surface area contributed by atoms with Crippen molar-refractivity contribution in [3.8, 4) is 0 Å². The molecule has 2 atom stereocenters. The van der Waals surface area contributed by atoms with Gasteiger partial charge >= 0.3 is 7.82 Å². The van der Waals surface area contributed by atoms with Crippen LogP contribution in [0.1, 0.15) is 18.6 Å². The fourth-order valence-electron chi connectivity index (χ4n) is 1.64. The Bertz CT molecular complexity index is 452. The fourth-order valence-corrected chi connectivity index (χ4v) is 3.80. The number of phosphoric acid groups is 1. The van der Waals surface area contributed by atoms with E-state index in [0.717, 1.165) is 5.56 Å². The predicted molar refractivity (Wildman–Crippen MR) is 69.9 cm³/mol. The van der Waals surface area contributed by atoms with Crippen LogP contribution in [0, 0.1) is 0 Å². The lowest BCUT2D eigenvalue weighted by atomic mass is 10.1. The van der Waals surface area contributed by atoms with Crippen molar-refractivity contribution in [3.63, 3.8) is 0 Å². The van der Waals surface area contributed by atoms with Crippen LogP contribution in [0.25, 0.3) is 0 Å². The molecule has 2 rings (SSSR count). The smallest absolute Gasteiger partial charge is 0.287 e. The van der Waals surface area contributed by atoms with Gasteiger partial charge in [-0.15, -0.1) is 0 Å². The number of hydrogen-bond acceptors (Lipinski definition) is 4. The highest BCUT2D eigenvalue weighted by atomic mass is 35.5. The maximum absolute atomic E-state index is 12.1. The van der Waals surface area contributed by atoms with Crippen LogP contribution in [0.15, 0.2) is 30.3 Å². The Labute approximate surface area is 116 Å². The van der Waals surface area contributed by atoms with Gasteiger partial charge in [0, 0.05) is 0 Å². The summed E-state index contributed by atoms with van der Waals surface area (Å²) in [5, 5.41) is 0. The first-order valence-corrected chi connectivity index (χ1v) is 7.69. The summed E-state index contributed by atoms with van der Waals surface area (Å²) in [7, 11) is -3.58. The minimum Gasteiger partial charge on any atom is -0.287 e. The summed E-state index contributed by atoms with van der Waals surface area (Å²) in [6, 6.07) is 9.10. The summed E-state index contributed by atoms with van der Waals surface area (Å²) in [4.78, 5) is 0. The molecule has 0 bridgehead atoms. The van der Waals surface area contributed by atoms with Gasteiger partial charge in [-0.25, -0.2) is 4.57 Å². The molecule has 18 heavy (non-hydrogen) atoms. The lowest BCUT2D eigenvalue weighted by Crippen LogP contribution is -2.35. The first-order chi connectivity index (χ1) is 8.47. The summed E-state index contributed by atoms with van der Waals surface area (Å²) in [5.41, 5.74) is 0.728. The Morgan fingerprint density at radius 3 is 2.72 bits per heavy atom. The minimum absolute atomic E-state index is 0.118. The fraction of sp³-hybridized carbons (Fsp3) is 0.455. The number of alkyl halides is 2. The van der Waals surface area contributed by atoms with Crippen molar-refractivity contribution in [2.45, 2.75) is 17.4 Å². The normalized spacial score (nSPS) is 31.2. The molecule has 0 N–H and O–H groups in total. The van der Waals surface area contributed by atoms with Crippen LogP contribution in [0.5, 0.6) is 0 Å². The average Bonchev–Trinajstić information content (AvgIpc) is 2.34. The van der Waals surface area contributed by atoms with Crippen LogP contribution in [-0.4, -0.2) is 17.5 Å². The van der Waals surface area contributed by atoms with E-state index in [1.807, 2.05) is 18.2 Å². The molecular formula is C11H13Cl2O4P. The van der Waals surface area contributed by atoms with Crippen LogP contribution in [0.3, 0.4) is 0 Å². The standard InChI is InChI=1S/C11H13Cl2O4P/c1-2-15-18(14)16-8-11(12,13)10(17-18)9-6-4-3-5-7-9/h3-7,10H,2,8H2,1H3/t10-,18-/m0/s1. The zero-order chi connectivity index (χ0) is 13.2. The van der Waals surface area contributed by atoms with E-state index in [0.29, 0.717) is 0 Å². The van der Waals surface area contributed by atoms with Gasteiger partial charge in [0.1, 0.15) is 6.10 Å². The van der Waals surface area contributed by atoms with Crippen molar-refractivity contribution < 1.29 is 18.1 Å². The largest absolute Gasteiger partial charge is 0.475 e. The number of phosphoric ester groups is 1. The number of halogens is 2. The molecule has 4 nitrogen and oxygen atoms in total. The van der Waals surface area contributed by atoms with Crippen LogP contribution in [0.2, 0.25) is 0 Å². The van der Waals surface area contributed by atoms with Gasteiger partial charge in [-0.2, -0.15) is 0 Å². The molecule has 1 aromatic rings. The number of rotatable bonds is 3. The van der Waals surface area contributed by atoms with Crippen molar-refractivity contribution in [2.75, 3.05) is 13.2 Å². The molecule has 1 aliphatic heterocycles. The van der Waals surface area contributed by atoms with Crippen molar-refractivity contribution in [3.05, 3.63) is 35.9 Å². The summed E-state index contributed by atoms with van der Waals surface area (Å²) in [6.45, 7) is 1.80. The van der Waals surface area contributed by atoms with Crippen molar-refractivity contribution in [1.82, 2.24) is 0 Å². The third-order valence-electron chi connectivity index (χ3n) is 2.42. The van der Waals surface area contributed by atoms with Crippen LogP contribution >= 0.6 is 31.0 Å². The molecule has 100 valence electrons. The first-order valence-electron chi connectivity index (χ1n) is 5.47. The van der Waals surface area contributed by atoms with E-state index in [1.165, 1.54) is 0 Å². The molecule has 0 aliphatic carbocycles. The highest BCUT2D eigenvalue weighted by Gasteiger charge is 2.49. The van der Waals surface area contributed by atoms with E-state index in [-0.39, 0.29) is 13.2 Å². The van der Waals surface area contributed by atoms with Gasteiger partial charge in [-0.05, 0) is 12.5 Å². The maximum atomic E-state index is 12.1. The van der Waals surface area contributed by atoms with E-state index in [9.17, 15) is 4.57 Å². The lowest BCUT2D eigenvalue weighted by Gasteiger charge is -2.37. The number of benzene rings is 1. The third kappa shape index (κ3) is 3.08. The van der Waals surface area contributed by atoms with Crippen LogP contribution < -0.4 is 0 Å². The molecule has 1 aromatic carbocycles. The van der Waals surface area contributed by atoms with Gasteiger partial charge < -0.3 is 0 Å². The van der Waals surface area contributed by atoms with Gasteiger partial charge in [-0.1, -0.05) is 53.5 Å². The molecule has 0 aromatic heterocycles. The maximum Gasteiger partial charge on any atom is 0.475 e. The lowest BCUT2D eigenvalue weighted by molar-refractivity contribution is 0.0230. The van der Waals surface area contributed by atoms with Crippen LogP contribution in [-0.2, 0) is 18.1 Å². The molecule has 0 unspecified atom stereocenters. The molecule has 1 fully saturated rings. The molecular weight excluding hydrogens is 298 g/mol. The second-order valence-corrected chi connectivity index (χ2v) is 6.96. The highest BCUT2D eigenvalue weighted by molar-refractivity contribution is 7.48. The van der Waals surface area contributed by atoms with Crippen LogP contribution in [0.4, 0.5) is 0 Å². The molecule has 7 heteroatoms. The topological polar surface area (TPSA) is 44.8 Å². The zero-order valence-electron chi connectivity index (χ0n) is 9.71. The van der Waals surface area contributed by atoms with Gasteiger partial charge in [0.2, 0.25) is 0 Å². The monoisotopic (exact) mass is 310 g/mol. The zero-order valence-corrected chi connectivity index (χ0v) is 12.1. The van der Waals surface area contributed by atoms with Gasteiger partial charge in [0.15, 0.2) is 4.33 Å². The molecule has 1 aliphatic rings. The average molecular weight is 311 g/mol. The second kappa shape index (κ2) is 5.49. The van der Waals surface area contributed by atoms with Crippen molar-refractivity contribution >= 4 is 31.0 Å². The molecule has 1 heterocycles. The van der Waals surface area contributed by atoms with E-state index < -0.39 is 18.3 Å². The Balaban J connectivity index is 2.28. The Hall–Kier alpha value is -0.0900. The SMILES string of the molecule is CCO[P@@]1(=O)OCC(Cl)(Cl)[C@H](c2ccccc2)O1. The molecule has 0 saturated carbocycles. The summed E-state index contributed by atoms with van der Waals surface area (Å²) in [6.07, 6.45) is -0.756. The first kappa shape index (κ1) is 14.3. The van der Waals surface area contributed by atoms with Gasteiger partial charge in [0.05, 0.1) is 13.2 Å². The third-order valence-corrected chi connectivity index (χ3v) is 4.53. The predicted octanol–water partition coefficient (Wildman–Crippen LogP) is 4.09. The Morgan fingerprint density at radius 2 is 2.11 bits per heavy atom. The quantitative estimate of drug-likeness (QED) is 0.623. The summed E-state index contributed by atoms with van der Waals surface area (Å²) < 4.78 is 26.2. The molecule has 1 saturated heterocycles. The summed E-state index contributed by atoms with van der Waals surface area (Å²) in [5.74, 6) is 0. The molecule has 0 radical (unpaired) electrons. The summed E-state index contributed by atoms with van der Waals surface area (Å²) >= 11 is 12.3. The molecule has 0 spiro atoms. The van der Waals surface area contributed by atoms with Gasteiger partial charge in [-0.3, -0.25) is 13.6 Å². The van der Waals surface area contributed by atoms with E-state index >= 15 is 0 Å². The molecule has 0 amide bonds. The Morgan fingerprint density at radius 1 is 1.44 bits per heavy atom. The van der Waals surface area contributed by atoms with Gasteiger partial charge in [0.25, 0.3) is 0 Å². The second-order valence-electron chi connectivity index (χ2n) is 3.80. The van der Waals surface area contributed by atoms with E-state index in [4.69, 9.17) is 36.8 Å². The Kier molecular flexibility index (Phi) is 4.37. The highest BCUT2D eigenvalue weighted by Crippen LogP contribution is 2.61. The van der Waals surface area contributed by atoms with E-state index in [2.05, 4.69) is 0 Å². The van der Waals surface area contributed by atoms with Crippen molar-refractivity contribution in [1.29, 1.82) is 0 Å².